The van der Waals surface area contributed by atoms with Crippen LogP contribution >= 0.6 is 0 Å². The fraction of sp³-hybridized carbons (Fsp3) is 0.474. The van der Waals surface area contributed by atoms with Crippen molar-refractivity contribution in [1.29, 1.82) is 0 Å². The second-order valence-electron chi connectivity index (χ2n) is 6.47. The minimum atomic E-state index is -1.28. The normalized spacial score (nSPS) is 25.6. The summed E-state index contributed by atoms with van der Waals surface area (Å²) in [5.41, 5.74) is 1.86. The largest absolute Gasteiger partial charge is 0.388 e. The van der Waals surface area contributed by atoms with E-state index in [0.29, 0.717) is 19.6 Å². The number of ether oxygens (including phenoxy) is 2. The predicted molar refractivity (Wildman–Crippen MR) is 96.3 cm³/mol. The minimum Gasteiger partial charge on any atom is -0.388 e. The molecule has 0 spiro atoms. The molecule has 0 unspecified atom stereocenters. The molecule has 8 nitrogen and oxygen atoms in total. The Morgan fingerprint density at radius 1 is 0.963 bits per heavy atom. The molecule has 4 atom stereocenters. The number of rotatable bonds is 8. The Morgan fingerprint density at radius 2 is 1.59 bits per heavy atom. The molecule has 0 radical (unpaired) electrons. The topological polar surface area (TPSA) is 108 Å². The van der Waals surface area contributed by atoms with E-state index in [1.54, 1.807) is 12.4 Å². The van der Waals surface area contributed by atoms with Crippen LogP contribution in [0.4, 0.5) is 0 Å². The zero-order chi connectivity index (χ0) is 19.1. The molecule has 146 valence electrons. The Balaban J connectivity index is 1.56. The number of aromatic nitrogens is 2. The molecular formula is C19H25N3O5. The zero-order valence-electron chi connectivity index (χ0n) is 15.0. The van der Waals surface area contributed by atoms with Crippen LogP contribution in [-0.2, 0) is 22.6 Å². The molecule has 0 aliphatic carbocycles. The number of pyridine rings is 2. The molecule has 3 heterocycles. The SMILES string of the molecule is O[C@@H]1[C@@H](O)[C@H](OCCN(Cc2ccccn2)Cc2ccccn2)OC[C@H]1O. The zero-order valence-corrected chi connectivity index (χ0v) is 15.0. The Hall–Kier alpha value is -1.94. The number of aliphatic hydroxyl groups excluding tert-OH is 3. The van der Waals surface area contributed by atoms with Crippen molar-refractivity contribution in [2.24, 2.45) is 0 Å². The van der Waals surface area contributed by atoms with Crippen molar-refractivity contribution >= 4 is 0 Å². The maximum absolute atomic E-state index is 9.95. The third-order valence-corrected chi connectivity index (χ3v) is 4.37. The van der Waals surface area contributed by atoms with Gasteiger partial charge in [0.25, 0.3) is 0 Å². The molecule has 0 amide bonds. The number of hydrogen-bond donors (Lipinski definition) is 3. The van der Waals surface area contributed by atoms with Gasteiger partial charge in [-0.25, -0.2) is 0 Å². The first-order valence-corrected chi connectivity index (χ1v) is 8.93. The van der Waals surface area contributed by atoms with Crippen LogP contribution in [0.3, 0.4) is 0 Å². The first-order chi connectivity index (χ1) is 13.1. The van der Waals surface area contributed by atoms with E-state index in [1.165, 1.54) is 0 Å². The summed E-state index contributed by atoms with van der Waals surface area (Å²) in [6.07, 6.45) is -1.12. The monoisotopic (exact) mass is 375 g/mol. The predicted octanol–water partition coefficient (Wildman–Crippen LogP) is -0.0656. The lowest BCUT2D eigenvalue weighted by atomic mass is 10.1. The molecule has 0 saturated carbocycles. The van der Waals surface area contributed by atoms with Gasteiger partial charge in [-0.05, 0) is 24.3 Å². The van der Waals surface area contributed by atoms with Crippen molar-refractivity contribution < 1.29 is 24.8 Å². The van der Waals surface area contributed by atoms with E-state index < -0.39 is 24.6 Å². The molecule has 3 rings (SSSR count). The molecule has 0 bridgehead atoms. The summed E-state index contributed by atoms with van der Waals surface area (Å²) in [4.78, 5) is 10.9. The van der Waals surface area contributed by atoms with Gasteiger partial charge in [0.1, 0.15) is 18.3 Å². The summed E-state index contributed by atoms with van der Waals surface area (Å²) in [5, 5.41) is 29.2. The number of nitrogens with zero attached hydrogens (tertiary/aromatic N) is 3. The lowest BCUT2D eigenvalue weighted by Crippen LogP contribution is -2.54. The van der Waals surface area contributed by atoms with Gasteiger partial charge in [0.15, 0.2) is 6.29 Å². The number of aliphatic hydroxyl groups is 3. The van der Waals surface area contributed by atoms with Gasteiger partial charge in [0.2, 0.25) is 0 Å². The highest BCUT2D eigenvalue weighted by molar-refractivity contribution is 5.06. The van der Waals surface area contributed by atoms with E-state index in [2.05, 4.69) is 14.9 Å². The van der Waals surface area contributed by atoms with E-state index >= 15 is 0 Å². The molecule has 1 fully saturated rings. The Morgan fingerprint density at radius 3 is 2.15 bits per heavy atom. The molecule has 27 heavy (non-hydrogen) atoms. The van der Waals surface area contributed by atoms with Crippen LogP contribution in [0, 0.1) is 0 Å². The average Bonchev–Trinajstić information content (AvgIpc) is 2.69. The van der Waals surface area contributed by atoms with Gasteiger partial charge in [-0.15, -0.1) is 0 Å². The smallest absolute Gasteiger partial charge is 0.186 e. The average molecular weight is 375 g/mol. The van der Waals surface area contributed by atoms with E-state index in [-0.39, 0.29) is 13.2 Å². The third kappa shape index (κ3) is 5.77. The van der Waals surface area contributed by atoms with E-state index in [1.807, 2.05) is 36.4 Å². The molecule has 8 heteroatoms. The first kappa shape index (κ1) is 19.8. The van der Waals surface area contributed by atoms with Gasteiger partial charge < -0.3 is 24.8 Å². The summed E-state index contributed by atoms with van der Waals surface area (Å²) in [6.45, 7) is 2.00. The minimum absolute atomic E-state index is 0.0749. The van der Waals surface area contributed by atoms with Gasteiger partial charge in [0, 0.05) is 32.0 Å². The van der Waals surface area contributed by atoms with Crippen molar-refractivity contribution in [2.75, 3.05) is 19.8 Å². The lowest BCUT2D eigenvalue weighted by molar-refractivity contribution is -0.270. The lowest BCUT2D eigenvalue weighted by Gasteiger charge is -2.35. The third-order valence-electron chi connectivity index (χ3n) is 4.37. The molecule has 1 aliphatic rings. The second kappa shape index (κ2) is 9.84. The van der Waals surface area contributed by atoms with Crippen molar-refractivity contribution in [3.05, 3.63) is 60.2 Å². The molecule has 1 aliphatic heterocycles. The second-order valence-corrected chi connectivity index (χ2v) is 6.47. The van der Waals surface area contributed by atoms with Crippen LogP contribution in [0.5, 0.6) is 0 Å². The summed E-state index contributed by atoms with van der Waals surface area (Å²) < 4.78 is 10.9. The highest BCUT2D eigenvalue weighted by Gasteiger charge is 2.38. The summed E-state index contributed by atoms with van der Waals surface area (Å²) >= 11 is 0. The van der Waals surface area contributed by atoms with Crippen molar-refractivity contribution in [1.82, 2.24) is 14.9 Å². The molecule has 0 aromatic carbocycles. The Bertz CT molecular complexity index is 634. The van der Waals surface area contributed by atoms with E-state index in [0.717, 1.165) is 11.4 Å². The number of hydrogen-bond acceptors (Lipinski definition) is 8. The van der Waals surface area contributed by atoms with Gasteiger partial charge in [0.05, 0.1) is 24.6 Å². The quantitative estimate of drug-likeness (QED) is 0.589. The van der Waals surface area contributed by atoms with Gasteiger partial charge in [-0.3, -0.25) is 14.9 Å². The standard InChI is InChI=1S/C19H25N3O5/c23-16-13-27-19(18(25)17(16)24)26-10-9-22(11-14-5-1-3-7-20-14)12-15-6-2-4-8-21-15/h1-8,16-19,23-25H,9-13H2/t16-,17+,18-,19-/m1/s1. The summed E-state index contributed by atoms with van der Waals surface area (Å²) in [5.74, 6) is 0. The Kier molecular flexibility index (Phi) is 7.22. The summed E-state index contributed by atoms with van der Waals surface area (Å²) in [7, 11) is 0. The van der Waals surface area contributed by atoms with Crippen molar-refractivity contribution in [2.45, 2.75) is 37.7 Å². The van der Waals surface area contributed by atoms with Gasteiger partial charge in [-0.2, -0.15) is 0 Å². The molecule has 3 N–H and O–H groups in total. The molecule has 1 saturated heterocycles. The fourth-order valence-electron chi connectivity index (χ4n) is 2.88. The highest BCUT2D eigenvalue weighted by atomic mass is 16.7. The maximum atomic E-state index is 9.95. The Labute approximate surface area is 158 Å². The van der Waals surface area contributed by atoms with Crippen molar-refractivity contribution in [3.63, 3.8) is 0 Å². The van der Waals surface area contributed by atoms with Crippen LogP contribution in [0.15, 0.2) is 48.8 Å². The maximum Gasteiger partial charge on any atom is 0.186 e. The van der Waals surface area contributed by atoms with Crippen LogP contribution in [-0.4, -0.2) is 74.5 Å². The highest BCUT2D eigenvalue weighted by Crippen LogP contribution is 2.16. The summed E-state index contributed by atoms with van der Waals surface area (Å²) in [6, 6.07) is 11.5. The first-order valence-electron chi connectivity index (χ1n) is 8.93. The van der Waals surface area contributed by atoms with Gasteiger partial charge in [-0.1, -0.05) is 12.1 Å². The molecule has 2 aromatic rings. The van der Waals surface area contributed by atoms with Crippen molar-refractivity contribution in [3.8, 4) is 0 Å². The van der Waals surface area contributed by atoms with Gasteiger partial charge >= 0.3 is 0 Å². The van der Waals surface area contributed by atoms with E-state index in [9.17, 15) is 15.3 Å². The van der Waals surface area contributed by atoms with Crippen LogP contribution in [0.25, 0.3) is 0 Å². The molecule has 2 aromatic heterocycles. The molecular weight excluding hydrogens is 350 g/mol. The fourth-order valence-corrected chi connectivity index (χ4v) is 2.88. The van der Waals surface area contributed by atoms with Crippen LogP contribution in [0.2, 0.25) is 0 Å². The van der Waals surface area contributed by atoms with Crippen LogP contribution in [0.1, 0.15) is 11.4 Å². The van der Waals surface area contributed by atoms with Crippen LogP contribution < -0.4 is 0 Å². The van der Waals surface area contributed by atoms with E-state index in [4.69, 9.17) is 9.47 Å².